The summed E-state index contributed by atoms with van der Waals surface area (Å²) in [4.78, 5) is 22.7. The molecule has 1 atom stereocenters. The minimum Gasteiger partial charge on any atom is -0.369 e. The van der Waals surface area contributed by atoms with Gasteiger partial charge in [-0.3, -0.25) is 9.59 Å². The van der Waals surface area contributed by atoms with E-state index in [1.54, 1.807) is 30.3 Å². The monoisotopic (exact) mass is 319 g/mol. The first-order valence-electron chi connectivity index (χ1n) is 6.32. The SMILES string of the molecule is NC(=O)CC(=O)c1cccc(C(S)c2ccc(Cl)cc2)c1. The fourth-order valence-corrected chi connectivity index (χ4v) is 2.44. The van der Waals surface area contributed by atoms with E-state index in [0.717, 1.165) is 11.1 Å². The van der Waals surface area contributed by atoms with Crippen molar-refractivity contribution in [3.8, 4) is 0 Å². The summed E-state index contributed by atoms with van der Waals surface area (Å²) in [5.41, 5.74) is 7.35. The summed E-state index contributed by atoms with van der Waals surface area (Å²) in [6.45, 7) is 0. The molecule has 0 saturated heterocycles. The molecule has 0 spiro atoms. The Hall–Kier alpha value is -1.78. The van der Waals surface area contributed by atoms with E-state index in [-0.39, 0.29) is 17.5 Å². The van der Waals surface area contributed by atoms with E-state index in [2.05, 4.69) is 12.6 Å². The van der Waals surface area contributed by atoms with Gasteiger partial charge in [-0.25, -0.2) is 0 Å². The van der Waals surface area contributed by atoms with Gasteiger partial charge in [0, 0.05) is 10.6 Å². The third-order valence-corrected chi connectivity index (χ3v) is 3.89. The van der Waals surface area contributed by atoms with Crippen molar-refractivity contribution in [1.82, 2.24) is 0 Å². The molecule has 0 heterocycles. The zero-order valence-corrected chi connectivity index (χ0v) is 12.8. The second-order valence-electron chi connectivity index (χ2n) is 4.65. The van der Waals surface area contributed by atoms with Crippen LogP contribution in [0.5, 0.6) is 0 Å². The number of carbonyl (C=O) groups is 2. The number of amides is 1. The van der Waals surface area contributed by atoms with Crippen LogP contribution < -0.4 is 5.73 Å². The van der Waals surface area contributed by atoms with E-state index >= 15 is 0 Å². The molecule has 2 N–H and O–H groups in total. The van der Waals surface area contributed by atoms with Crippen LogP contribution in [-0.2, 0) is 4.79 Å². The van der Waals surface area contributed by atoms with Gasteiger partial charge in [0.1, 0.15) is 0 Å². The number of carbonyl (C=O) groups excluding carboxylic acids is 2. The van der Waals surface area contributed by atoms with Crippen LogP contribution in [0.4, 0.5) is 0 Å². The molecule has 0 radical (unpaired) electrons. The minimum atomic E-state index is -0.634. The summed E-state index contributed by atoms with van der Waals surface area (Å²) in [5.74, 6) is -0.925. The maximum Gasteiger partial charge on any atom is 0.225 e. The number of thiol groups is 1. The smallest absolute Gasteiger partial charge is 0.225 e. The minimum absolute atomic E-state index is 0.177. The van der Waals surface area contributed by atoms with E-state index < -0.39 is 5.91 Å². The van der Waals surface area contributed by atoms with Gasteiger partial charge in [-0.15, -0.1) is 0 Å². The molecule has 0 bridgehead atoms. The third-order valence-electron chi connectivity index (χ3n) is 3.04. The predicted molar refractivity (Wildman–Crippen MR) is 86.9 cm³/mol. The van der Waals surface area contributed by atoms with Crippen LogP contribution in [0.1, 0.15) is 33.2 Å². The van der Waals surface area contributed by atoms with Crippen molar-refractivity contribution in [2.24, 2.45) is 5.73 Å². The summed E-state index contributed by atoms with van der Waals surface area (Å²) >= 11 is 10.4. The van der Waals surface area contributed by atoms with E-state index in [0.29, 0.717) is 10.6 Å². The highest BCUT2D eigenvalue weighted by molar-refractivity contribution is 7.80. The quantitative estimate of drug-likeness (QED) is 0.504. The van der Waals surface area contributed by atoms with Crippen LogP contribution >= 0.6 is 24.2 Å². The molecule has 0 aliphatic rings. The average molecular weight is 320 g/mol. The topological polar surface area (TPSA) is 60.2 Å². The standard InChI is InChI=1S/C16H14ClNO2S/c17-13-6-4-10(5-7-13)16(21)12-3-1-2-11(8-12)14(19)9-15(18)20/h1-8,16,21H,9H2,(H2,18,20). The summed E-state index contributed by atoms with van der Waals surface area (Å²) in [7, 11) is 0. The number of rotatable bonds is 5. The summed E-state index contributed by atoms with van der Waals surface area (Å²) in [6.07, 6.45) is -0.290. The van der Waals surface area contributed by atoms with Gasteiger partial charge in [-0.2, -0.15) is 12.6 Å². The van der Waals surface area contributed by atoms with Crippen LogP contribution in [0, 0.1) is 0 Å². The Kier molecular flexibility index (Phi) is 5.04. The van der Waals surface area contributed by atoms with Crippen molar-refractivity contribution in [2.75, 3.05) is 0 Å². The Bertz CT molecular complexity index is 670. The number of halogens is 1. The molecule has 0 aromatic heterocycles. The molecule has 0 aliphatic heterocycles. The predicted octanol–water partition coefficient (Wildman–Crippen LogP) is 3.42. The van der Waals surface area contributed by atoms with Gasteiger partial charge in [0.15, 0.2) is 5.78 Å². The van der Waals surface area contributed by atoms with E-state index in [1.165, 1.54) is 0 Å². The van der Waals surface area contributed by atoms with Gasteiger partial charge in [-0.05, 0) is 29.3 Å². The number of benzene rings is 2. The van der Waals surface area contributed by atoms with Crippen molar-refractivity contribution < 1.29 is 9.59 Å². The first-order valence-corrected chi connectivity index (χ1v) is 7.22. The number of Topliss-reactive ketones (excluding diaryl/α,β-unsaturated/α-hetero) is 1. The molecular weight excluding hydrogens is 306 g/mol. The highest BCUT2D eigenvalue weighted by Gasteiger charge is 2.13. The molecule has 2 aromatic rings. The Labute approximate surface area is 133 Å². The first kappa shape index (κ1) is 15.6. The molecule has 21 heavy (non-hydrogen) atoms. The van der Waals surface area contributed by atoms with Crippen molar-refractivity contribution in [2.45, 2.75) is 11.7 Å². The summed E-state index contributed by atoms with van der Waals surface area (Å²) in [6, 6.07) is 14.4. The van der Waals surface area contributed by atoms with E-state index in [1.807, 2.05) is 18.2 Å². The van der Waals surface area contributed by atoms with Crippen molar-refractivity contribution in [1.29, 1.82) is 0 Å². The summed E-state index contributed by atoms with van der Waals surface area (Å²) in [5, 5.41) is 0.480. The molecule has 108 valence electrons. The van der Waals surface area contributed by atoms with Crippen LogP contribution in [0.3, 0.4) is 0 Å². The summed E-state index contributed by atoms with van der Waals surface area (Å²) < 4.78 is 0. The Morgan fingerprint density at radius 3 is 2.38 bits per heavy atom. The molecule has 0 saturated carbocycles. The van der Waals surface area contributed by atoms with Crippen LogP contribution in [0.25, 0.3) is 0 Å². The van der Waals surface area contributed by atoms with Gasteiger partial charge >= 0.3 is 0 Å². The third kappa shape index (κ3) is 4.09. The van der Waals surface area contributed by atoms with Gasteiger partial charge < -0.3 is 5.73 Å². The molecule has 3 nitrogen and oxygen atoms in total. The second kappa shape index (κ2) is 6.78. The second-order valence-corrected chi connectivity index (χ2v) is 5.60. The van der Waals surface area contributed by atoms with Crippen molar-refractivity contribution in [3.05, 3.63) is 70.2 Å². The fourth-order valence-electron chi connectivity index (χ4n) is 1.98. The van der Waals surface area contributed by atoms with Crippen LogP contribution in [0.15, 0.2) is 48.5 Å². The lowest BCUT2D eigenvalue weighted by Gasteiger charge is -2.13. The largest absolute Gasteiger partial charge is 0.369 e. The number of primary amides is 1. The number of hydrogen-bond donors (Lipinski definition) is 2. The lowest BCUT2D eigenvalue weighted by molar-refractivity contribution is -0.117. The number of ketones is 1. The lowest BCUT2D eigenvalue weighted by Crippen LogP contribution is -2.16. The Balaban J connectivity index is 2.26. The first-order chi connectivity index (χ1) is 9.97. The zero-order chi connectivity index (χ0) is 15.4. The normalized spacial score (nSPS) is 11.9. The fraction of sp³-hybridized carbons (Fsp3) is 0.125. The average Bonchev–Trinajstić information content (AvgIpc) is 2.47. The highest BCUT2D eigenvalue weighted by Crippen LogP contribution is 2.29. The van der Waals surface area contributed by atoms with E-state index in [4.69, 9.17) is 17.3 Å². The maximum absolute atomic E-state index is 11.9. The zero-order valence-electron chi connectivity index (χ0n) is 11.1. The van der Waals surface area contributed by atoms with Crippen molar-refractivity contribution >= 4 is 35.9 Å². The van der Waals surface area contributed by atoms with Crippen LogP contribution in [0.2, 0.25) is 5.02 Å². The Morgan fingerprint density at radius 1 is 1.10 bits per heavy atom. The van der Waals surface area contributed by atoms with Gasteiger partial charge in [0.05, 0.1) is 11.7 Å². The molecule has 5 heteroatoms. The molecule has 0 fully saturated rings. The molecule has 2 rings (SSSR count). The van der Waals surface area contributed by atoms with Gasteiger partial charge in [-0.1, -0.05) is 41.9 Å². The maximum atomic E-state index is 11.9. The molecule has 1 unspecified atom stereocenters. The van der Waals surface area contributed by atoms with Gasteiger partial charge in [0.25, 0.3) is 0 Å². The van der Waals surface area contributed by atoms with Crippen molar-refractivity contribution in [3.63, 3.8) is 0 Å². The molecule has 2 aromatic carbocycles. The number of hydrogen-bond acceptors (Lipinski definition) is 3. The molecule has 0 aliphatic carbocycles. The molecular formula is C16H14ClNO2S. The lowest BCUT2D eigenvalue weighted by atomic mass is 9.99. The molecule has 1 amide bonds. The Morgan fingerprint density at radius 2 is 1.76 bits per heavy atom. The van der Waals surface area contributed by atoms with E-state index in [9.17, 15) is 9.59 Å². The van der Waals surface area contributed by atoms with Gasteiger partial charge in [0.2, 0.25) is 5.91 Å². The highest BCUT2D eigenvalue weighted by atomic mass is 35.5. The number of nitrogens with two attached hydrogens (primary N) is 1. The van der Waals surface area contributed by atoms with Crippen LogP contribution in [-0.4, -0.2) is 11.7 Å².